The first-order valence-corrected chi connectivity index (χ1v) is 8.86. The van der Waals surface area contributed by atoms with Gasteiger partial charge in [0.1, 0.15) is 5.60 Å². The number of nitrogens with one attached hydrogen (secondary N) is 3. The van der Waals surface area contributed by atoms with Gasteiger partial charge < -0.3 is 20.7 Å². The molecule has 6 nitrogen and oxygen atoms in total. The highest BCUT2D eigenvalue weighted by molar-refractivity contribution is 5.82. The minimum Gasteiger partial charge on any atom is -0.444 e. The van der Waals surface area contributed by atoms with Gasteiger partial charge in [0.2, 0.25) is 5.91 Å². The summed E-state index contributed by atoms with van der Waals surface area (Å²) in [5, 5.41) is 9.33. The van der Waals surface area contributed by atoms with E-state index in [0.717, 1.165) is 32.2 Å². The summed E-state index contributed by atoms with van der Waals surface area (Å²) in [6, 6.07) is 0.198. The highest BCUT2D eigenvalue weighted by atomic mass is 16.6. The molecule has 0 spiro atoms. The number of hydrogen-bond donors (Lipinski definition) is 3. The predicted molar refractivity (Wildman–Crippen MR) is 89.2 cm³/mol. The first-order chi connectivity index (χ1) is 10.8. The second-order valence-electron chi connectivity index (χ2n) is 7.69. The number of carbonyl (C=O) groups excluding carboxylic acids is 2. The van der Waals surface area contributed by atoms with Crippen LogP contribution in [0.5, 0.6) is 0 Å². The van der Waals surface area contributed by atoms with E-state index in [2.05, 4.69) is 16.0 Å². The molecular formula is C17H31N3O3. The summed E-state index contributed by atoms with van der Waals surface area (Å²) >= 11 is 0. The third kappa shape index (κ3) is 6.01. The van der Waals surface area contributed by atoms with Crippen LogP contribution in [0.25, 0.3) is 0 Å². The Labute approximate surface area is 139 Å². The van der Waals surface area contributed by atoms with Gasteiger partial charge in [-0.2, -0.15) is 0 Å². The Hall–Kier alpha value is -1.30. The third-order valence-electron chi connectivity index (χ3n) is 4.52. The molecule has 2 amide bonds. The minimum absolute atomic E-state index is 0.0872. The predicted octanol–water partition coefficient (Wildman–Crippen LogP) is 1.94. The van der Waals surface area contributed by atoms with E-state index in [0.29, 0.717) is 12.5 Å². The molecule has 132 valence electrons. The summed E-state index contributed by atoms with van der Waals surface area (Å²) in [5.74, 6) is 0.465. The Balaban J connectivity index is 1.83. The van der Waals surface area contributed by atoms with Crippen molar-refractivity contribution in [1.82, 2.24) is 16.0 Å². The van der Waals surface area contributed by atoms with Crippen LogP contribution in [-0.2, 0) is 9.53 Å². The molecule has 0 aromatic heterocycles. The topological polar surface area (TPSA) is 79.5 Å². The van der Waals surface area contributed by atoms with Gasteiger partial charge in [-0.1, -0.05) is 12.8 Å². The van der Waals surface area contributed by atoms with Crippen molar-refractivity contribution < 1.29 is 14.3 Å². The zero-order valence-electron chi connectivity index (χ0n) is 14.6. The molecule has 23 heavy (non-hydrogen) atoms. The highest BCUT2D eigenvalue weighted by Crippen LogP contribution is 2.25. The zero-order chi connectivity index (χ0) is 16.9. The van der Waals surface area contributed by atoms with Gasteiger partial charge in [-0.05, 0) is 52.4 Å². The second-order valence-corrected chi connectivity index (χ2v) is 7.69. The third-order valence-corrected chi connectivity index (χ3v) is 4.52. The molecule has 1 heterocycles. The number of alkyl carbamates (subject to hydrolysis) is 1. The minimum atomic E-state index is -0.478. The molecule has 2 aliphatic rings. The zero-order valence-corrected chi connectivity index (χ0v) is 14.6. The molecule has 2 rings (SSSR count). The van der Waals surface area contributed by atoms with Crippen LogP contribution in [0.2, 0.25) is 0 Å². The number of ether oxygens (including phenoxy) is 1. The Kier molecular flexibility index (Phi) is 6.27. The van der Waals surface area contributed by atoms with Crippen molar-refractivity contribution in [1.29, 1.82) is 0 Å². The van der Waals surface area contributed by atoms with Gasteiger partial charge in [0, 0.05) is 19.1 Å². The maximum Gasteiger partial charge on any atom is 0.407 e. The van der Waals surface area contributed by atoms with Gasteiger partial charge in [0.05, 0.1) is 6.04 Å². The van der Waals surface area contributed by atoms with Gasteiger partial charge in [-0.15, -0.1) is 0 Å². The number of amides is 2. The molecule has 3 unspecified atom stereocenters. The van der Waals surface area contributed by atoms with Crippen LogP contribution in [0.4, 0.5) is 4.79 Å². The molecule has 3 atom stereocenters. The molecule has 0 aromatic rings. The Morgan fingerprint density at radius 1 is 1.22 bits per heavy atom. The van der Waals surface area contributed by atoms with Crippen LogP contribution >= 0.6 is 0 Å². The summed E-state index contributed by atoms with van der Waals surface area (Å²) in [6.07, 6.45) is 6.04. The Morgan fingerprint density at radius 3 is 2.65 bits per heavy atom. The normalized spacial score (nSPS) is 28.8. The van der Waals surface area contributed by atoms with Gasteiger partial charge in [-0.25, -0.2) is 4.79 Å². The molecule has 2 fully saturated rings. The lowest BCUT2D eigenvalue weighted by Gasteiger charge is -2.36. The summed E-state index contributed by atoms with van der Waals surface area (Å²) in [4.78, 5) is 23.8. The van der Waals surface area contributed by atoms with E-state index >= 15 is 0 Å². The van der Waals surface area contributed by atoms with Crippen LogP contribution < -0.4 is 16.0 Å². The standard InChI is InChI=1S/C17H31N3O3/c1-17(2,3)23-16(22)19-11-12-7-4-5-8-13(12)20-14-9-6-10-18-15(14)21/h12-14,20H,4-11H2,1-3H3,(H,18,21)(H,19,22). The highest BCUT2D eigenvalue weighted by Gasteiger charge is 2.31. The fourth-order valence-corrected chi connectivity index (χ4v) is 3.39. The molecule has 0 bridgehead atoms. The molecule has 0 radical (unpaired) electrons. The van der Waals surface area contributed by atoms with Crippen LogP contribution in [-0.4, -0.2) is 42.8 Å². The van der Waals surface area contributed by atoms with E-state index in [1.807, 2.05) is 20.8 Å². The Morgan fingerprint density at radius 2 is 1.96 bits per heavy atom. The first kappa shape index (κ1) is 18.0. The maximum atomic E-state index is 11.9. The van der Waals surface area contributed by atoms with E-state index in [1.54, 1.807) is 0 Å². The van der Waals surface area contributed by atoms with Crippen LogP contribution in [0, 0.1) is 5.92 Å². The van der Waals surface area contributed by atoms with Crippen molar-refractivity contribution >= 4 is 12.0 Å². The van der Waals surface area contributed by atoms with Gasteiger partial charge in [0.15, 0.2) is 0 Å². The van der Waals surface area contributed by atoms with Gasteiger partial charge >= 0.3 is 6.09 Å². The molecule has 1 aliphatic heterocycles. The quantitative estimate of drug-likeness (QED) is 0.738. The number of carbonyl (C=O) groups is 2. The van der Waals surface area contributed by atoms with Crippen LogP contribution in [0.3, 0.4) is 0 Å². The fraction of sp³-hybridized carbons (Fsp3) is 0.882. The van der Waals surface area contributed by atoms with Gasteiger partial charge in [-0.3, -0.25) is 4.79 Å². The van der Waals surface area contributed by atoms with E-state index in [9.17, 15) is 9.59 Å². The number of rotatable bonds is 4. The number of hydrogen-bond acceptors (Lipinski definition) is 4. The Bertz CT molecular complexity index is 420. The van der Waals surface area contributed by atoms with Crippen molar-refractivity contribution in [3.63, 3.8) is 0 Å². The maximum absolute atomic E-state index is 11.9. The molecule has 3 N–H and O–H groups in total. The van der Waals surface area contributed by atoms with Crippen molar-refractivity contribution in [2.24, 2.45) is 5.92 Å². The lowest BCUT2D eigenvalue weighted by molar-refractivity contribution is -0.124. The van der Waals surface area contributed by atoms with Crippen molar-refractivity contribution in [2.75, 3.05) is 13.1 Å². The van der Waals surface area contributed by atoms with Crippen molar-refractivity contribution in [3.8, 4) is 0 Å². The SMILES string of the molecule is CC(C)(C)OC(=O)NCC1CCCCC1NC1CCCNC1=O. The summed E-state index contributed by atoms with van der Waals surface area (Å²) in [6.45, 7) is 6.96. The largest absolute Gasteiger partial charge is 0.444 e. The smallest absolute Gasteiger partial charge is 0.407 e. The van der Waals surface area contributed by atoms with Crippen LogP contribution in [0.15, 0.2) is 0 Å². The van der Waals surface area contributed by atoms with Gasteiger partial charge in [0.25, 0.3) is 0 Å². The molecule has 0 aromatic carbocycles. The lowest BCUT2D eigenvalue weighted by atomic mass is 9.83. The van der Waals surface area contributed by atoms with E-state index < -0.39 is 5.60 Å². The number of piperidine rings is 1. The molecule has 1 aliphatic carbocycles. The first-order valence-electron chi connectivity index (χ1n) is 8.86. The lowest BCUT2D eigenvalue weighted by Crippen LogP contribution is -2.55. The fourth-order valence-electron chi connectivity index (χ4n) is 3.39. The molecular weight excluding hydrogens is 294 g/mol. The van der Waals surface area contributed by atoms with Crippen molar-refractivity contribution in [2.45, 2.75) is 77.0 Å². The average Bonchev–Trinajstić information content (AvgIpc) is 2.47. The van der Waals surface area contributed by atoms with Crippen LogP contribution in [0.1, 0.15) is 59.3 Å². The summed E-state index contributed by atoms with van der Waals surface area (Å²) in [7, 11) is 0. The average molecular weight is 325 g/mol. The molecule has 6 heteroatoms. The summed E-state index contributed by atoms with van der Waals surface area (Å²) < 4.78 is 5.30. The summed E-state index contributed by atoms with van der Waals surface area (Å²) in [5.41, 5.74) is -0.478. The monoisotopic (exact) mass is 325 g/mol. The van der Waals surface area contributed by atoms with Crippen molar-refractivity contribution in [3.05, 3.63) is 0 Å². The van der Waals surface area contributed by atoms with E-state index in [1.165, 1.54) is 12.8 Å². The van der Waals surface area contributed by atoms with E-state index in [4.69, 9.17) is 4.74 Å². The van der Waals surface area contributed by atoms with E-state index in [-0.39, 0.29) is 24.1 Å². The molecule has 1 saturated carbocycles. The second kappa shape index (κ2) is 7.99. The molecule has 1 saturated heterocycles.